The smallest absolute Gasteiger partial charge is 0.262 e. The summed E-state index contributed by atoms with van der Waals surface area (Å²) >= 11 is 1.09. The fourth-order valence-electron chi connectivity index (χ4n) is 1.13. The molecule has 0 aliphatic rings. The third-order valence-electron chi connectivity index (χ3n) is 2.02. The molecule has 1 heterocycles. The lowest BCUT2D eigenvalue weighted by Gasteiger charge is -2.11. The number of amides is 1. The number of nitrogens with zero attached hydrogens (tertiary/aromatic N) is 1. The minimum Gasteiger partial charge on any atom is -0.350 e. The van der Waals surface area contributed by atoms with Crippen LogP contribution in [0.2, 0.25) is 0 Å². The van der Waals surface area contributed by atoms with Gasteiger partial charge < -0.3 is 11.1 Å². The second kappa shape index (κ2) is 7.05. The Labute approximate surface area is 117 Å². The summed E-state index contributed by atoms with van der Waals surface area (Å²) in [6.07, 6.45) is 0. The van der Waals surface area contributed by atoms with E-state index in [1.54, 1.807) is 5.38 Å². The van der Waals surface area contributed by atoms with E-state index in [9.17, 15) is 13.2 Å². The first kappa shape index (κ1) is 17.3. The molecule has 0 atom stereocenters. The Bertz CT molecular complexity index is 499. The van der Waals surface area contributed by atoms with Gasteiger partial charge in [-0.2, -0.15) is 0 Å². The van der Waals surface area contributed by atoms with Crippen LogP contribution in [0.15, 0.2) is 16.3 Å². The van der Waals surface area contributed by atoms with Crippen molar-refractivity contribution in [3.63, 3.8) is 0 Å². The Hall–Kier alpha value is -0.670. The van der Waals surface area contributed by atoms with Crippen molar-refractivity contribution < 1.29 is 13.2 Å². The molecule has 104 valence electrons. The lowest BCUT2D eigenvalue weighted by atomic mass is 10.4. The number of rotatable bonds is 5. The van der Waals surface area contributed by atoms with E-state index in [0.717, 1.165) is 15.6 Å². The fraction of sp³-hybridized carbons (Fsp3) is 0.444. The fourth-order valence-corrected chi connectivity index (χ4v) is 3.34. The highest BCUT2D eigenvalue weighted by Gasteiger charge is 2.25. The molecular weight excluding hydrogens is 298 g/mol. The van der Waals surface area contributed by atoms with E-state index in [4.69, 9.17) is 5.73 Å². The van der Waals surface area contributed by atoms with E-state index in [1.807, 2.05) is 0 Å². The molecule has 0 bridgehead atoms. The first-order valence-corrected chi connectivity index (χ1v) is 7.21. The molecule has 3 N–H and O–H groups in total. The van der Waals surface area contributed by atoms with Crippen molar-refractivity contribution in [3.8, 4) is 0 Å². The standard InChI is InChI=1S/C9H15N3O3S2.ClH/c1-12(2)17(14,15)7-3-6-16-8(7)9(13)11-5-4-10;/h3,6H,4-5,10H2,1-2H3,(H,11,13);1H. The van der Waals surface area contributed by atoms with Gasteiger partial charge in [-0.1, -0.05) is 0 Å². The number of halogens is 1. The summed E-state index contributed by atoms with van der Waals surface area (Å²) in [6, 6.07) is 1.43. The number of sulfonamides is 1. The number of carbonyl (C=O) groups excluding carboxylic acids is 1. The van der Waals surface area contributed by atoms with Crippen LogP contribution in [-0.2, 0) is 10.0 Å². The molecule has 1 aromatic heterocycles. The number of nitrogens with one attached hydrogen (secondary N) is 1. The monoisotopic (exact) mass is 313 g/mol. The van der Waals surface area contributed by atoms with Gasteiger partial charge in [0, 0.05) is 27.2 Å². The molecule has 0 saturated heterocycles. The van der Waals surface area contributed by atoms with Crippen LogP contribution in [0.5, 0.6) is 0 Å². The zero-order valence-corrected chi connectivity index (χ0v) is 12.5. The van der Waals surface area contributed by atoms with E-state index >= 15 is 0 Å². The van der Waals surface area contributed by atoms with E-state index < -0.39 is 15.9 Å². The van der Waals surface area contributed by atoms with Crippen LogP contribution < -0.4 is 11.1 Å². The first-order valence-electron chi connectivity index (χ1n) is 4.89. The van der Waals surface area contributed by atoms with Gasteiger partial charge in [-0.15, -0.1) is 23.7 Å². The molecule has 6 nitrogen and oxygen atoms in total. The van der Waals surface area contributed by atoms with Crippen molar-refractivity contribution in [2.75, 3.05) is 27.2 Å². The summed E-state index contributed by atoms with van der Waals surface area (Å²) in [7, 11) is -0.732. The summed E-state index contributed by atoms with van der Waals surface area (Å²) in [6.45, 7) is 0.630. The number of thiophene rings is 1. The Balaban J connectivity index is 0.00000289. The normalized spacial score (nSPS) is 11.1. The molecule has 0 aromatic carbocycles. The van der Waals surface area contributed by atoms with Crippen LogP contribution in [0.1, 0.15) is 9.67 Å². The van der Waals surface area contributed by atoms with Crippen molar-refractivity contribution in [3.05, 3.63) is 16.3 Å². The maximum atomic E-state index is 11.9. The van der Waals surface area contributed by atoms with Crippen molar-refractivity contribution in [1.82, 2.24) is 9.62 Å². The summed E-state index contributed by atoms with van der Waals surface area (Å²) in [4.78, 5) is 11.9. The van der Waals surface area contributed by atoms with Gasteiger partial charge in [-0.25, -0.2) is 12.7 Å². The highest BCUT2D eigenvalue weighted by molar-refractivity contribution is 7.89. The predicted octanol–water partition coefficient (Wildman–Crippen LogP) is 0.109. The van der Waals surface area contributed by atoms with Crippen molar-refractivity contribution in [1.29, 1.82) is 0 Å². The maximum absolute atomic E-state index is 11.9. The highest BCUT2D eigenvalue weighted by Crippen LogP contribution is 2.23. The van der Waals surface area contributed by atoms with Crippen LogP contribution in [-0.4, -0.2) is 45.8 Å². The lowest BCUT2D eigenvalue weighted by molar-refractivity contribution is 0.0955. The van der Waals surface area contributed by atoms with Gasteiger partial charge in [0.2, 0.25) is 10.0 Å². The average molecular weight is 314 g/mol. The summed E-state index contributed by atoms with van der Waals surface area (Å²) in [5.74, 6) is -0.411. The Morgan fingerprint density at radius 1 is 1.50 bits per heavy atom. The van der Waals surface area contributed by atoms with Gasteiger partial charge in [0.1, 0.15) is 9.77 Å². The van der Waals surface area contributed by atoms with Gasteiger partial charge in [0.25, 0.3) is 5.91 Å². The molecule has 1 rings (SSSR count). The molecule has 18 heavy (non-hydrogen) atoms. The van der Waals surface area contributed by atoms with Crippen LogP contribution in [0.25, 0.3) is 0 Å². The van der Waals surface area contributed by atoms with Gasteiger partial charge in [0.05, 0.1) is 0 Å². The molecule has 9 heteroatoms. The summed E-state index contributed by atoms with van der Waals surface area (Å²) in [5.41, 5.74) is 5.26. The third-order valence-corrected chi connectivity index (χ3v) is 4.92. The zero-order valence-electron chi connectivity index (χ0n) is 10.0. The predicted molar refractivity (Wildman–Crippen MR) is 73.8 cm³/mol. The first-order chi connectivity index (χ1) is 7.91. The van der Waals surface area contributed by atoms with Gasteiger partial charge in [0.15, 0.2) is 0 Å². The molecule has 0 unspecified atom stereocenters. The topological polar surface area (TPSA) is 92.5 Å². The molecular formula is C9H16ClN3O3S2. The third kappa shape index (κ3) is 3.66. The minimum atomic E-state index is -3.58. The van der Waals surface area contributed by atoms with Crippen LogP contribution >= 0.6 is 23.7 Å². The lowest BCUT2D eigenvalue weighted by Crippen LogP contribution is -2.30. The van der Waals surface area contributed by atoms with Gasteiger partial charge >= 0.3 is 0 Å². The van der Waals surface area contributed by atoms with E-state index in [2.05, 4.69) is 5.32 Å². The number of hydrogen-bond acceptors (Lipinski definition) is 5. The Kier molecular flexibility index (Phi) is 6.79. The molecule has 0 saturated carbocycles. The molecule has 0 radical (unpaired) electrons. The minimum absolute atomic E-state index is 0. The quantitative estimate of drug-likeness (QED) is 0.807. The molecule has 0 fully saturated rings. The van der Waals surface area contributed by atoms with Crippen LogP contribution in [0.4, 0.5) is 0 Å². The van der Waals surface area contributed by atoms with Crippen molar-refractivity contribution >= 4 is 39.7 Å². The molecule has 1 aromatic rings. The highest BCUT2D eigenvalue weighted by atomic mass is 35.5. The molecule has 0 aliphatic carbocycles. The van der Waals surface area contributed by atoms with Crippen LogP contribution in [0.3, 0.4) is 0 Å². The Morgan fingerprint density at radius 2 is 2.11 bits per heavy atom. The van der Waals surface area contributed by atoms with E-state index in [-0.39, 0.29) is 22.2 Å². The second-order valence-corrected chi connectivity index (χ2v) is 6.48. The molecule has 1 amide bonds. The molecule has 0 aliphatic heterocycles. The maximum Gasteiger partial charge on any atom is 0.262 e. The number of hydrogen-bond donors (Lipinski definition) is 2. The summed E-state index contributed by atoms with van der Waals surface area (Å²) in [5, 5.41) is 4.13. The van der Waals surface area contributed by atoms with E-state index in [0.29, 0.717) is 13.1 Å². The largest absolute Gasteiger partial charge is 0.350 e. The SMILES string of the molecule is CN(C)S(=O)(=O)c1ccsc1C(=O)NCCN.Cl. The number of nitrogens with two attached hydrogens (primary N) is 1. The second-order valence-electron chi connectivity index (χ2n) is 3.45. The number of carbonyl (C=O) groups is 1. The van der Waals surface area contributed by atoms with Crippen molar-refractivity contribution in [2.45, 2.75) is 4.90 Å². The zero-order chi connectivity index (χ0) is 13.1. The van der Waals surface area contributed by atoms with Gasteiger partial charge in [-0.05, 0) is 11.4 Å². The van der Waals surface area contributed by atoms with Gasteiger partial charge in [-0.3, -0.25) is 4.79 Å². The average Bonchev–Trinajstić information content (AvgIpc) is 2.74. The Morgan fingerprint density at radius 3 is 2.61 bits per heavy atom. The van der Waals surface area contributed by atoms with Crippen LogP contribution in [0, 0.1) is 0 Å². The van der Waals surface area contributed by atoms with Crippen molar-refractivity contribution in [2.24, 2.45) is 5.73 Å². The molecule has 0 spiro atoms. The summed E-state index contributed by atoms with van der Waals surface area (Å²) < 4.78 is 24.9. The van der Waals surface area contributed by atoms with E-state index in [1.165, 1.54) is 20.2 Å².